The molecular formula is C26H22FN3O. The van der Waals surface area contributed by atoms with E-state index in [1.807, 2.05) is 78.9 Å². The van der Waals surface area contributed by atoms with Crippen LogP contribution in [0, 0.1) is 5.82 Å². The van der Waals surface area contributed by atoms with Crippen LogP contribution in [-0.4, -0.2) is 11.0 Å². The highest BCUT2D eigenvalue weighted by atomic mass is 19.1. The average Bonchev–Trinajstić information content (AvgIpc) is 2.80. The zero-order valence-corrected chi connectivity index (χ0v) is 16.8. The number of aromatic nitrogens is 1. The van der Waals surface area contributed by atoms with Gasteiger partial charge in [0.05, 0.1) is 5.69 Å². The number of hydrogen-bond donors (Lipinski definition) is 2. The Labute approximate surface area is 180 Å². The number of anilines is 1. The van der Waals surface area contributed by atoms with Gasteiger partial charge in [0.1, 0.15) is 11.4 Å². The lowest BCUT2D eigenvalue weighted by atomic mass is 9.80. The largest absolute Gasteiger partial charge is 0.322 e. The molecule has 2 amide bonds. The minimum absolute atomic E-state index is 0.375. The van der Waals surface area contributed by atoms with E-state index in [0.29, 0.717) is 17.8 Å². The molecule has 0 aliphatic rings. The van der Waals surface area contributed by atoms with E-state index in [-0.39, 0.29) is 0 Å². The van der Waals surface area contributed by atoms with Crippen molar-refractivity contribution in [2.24, 2.45) is 0 Å². The van der Waals surface area contributed by atoms with Gasteiger partial charge in [-0.2, -0.15) is 0 Å². The molecule has 3 aromatic carbocycles. The second-order valence-corrected chi connectivity index (χ2v) is 7.24. The first kappa shape index (κ1) is 20.3. The maximum Gasteiger partial charge on any atom is 0.320 e. The second-order valence-electron chi connectivity index (χ2n) is 7.24. The number of carbonyl (C=O) groups excluding carboxylic acids is 1. The van der Waals surface area contributed by atoms with Gasteiger partial charge in [-0.25, -0.2) is 9.18 Å². The third-order valence-corrected chi connectivity index (χ3v) is 5.09. The Morgan fingerprint density at radius 3 is 2.23 bits per heavy atom. The van der Waals surface area contributed by atoms with E-state index >= 15 is 0 Å². The summed E-state index contributed by atoms with van der Waals surface area (Å²) in [4.78, 5) is 17.7. The minimum Gasteiger partial charge on any atom is -0.322 e. The van der Waals surface area contributed by atoms with Crippen molar-refractivity contribution in [3.05, 3.63) is 132 Å². The van der Waals surface area contributed by atoms with Gasteiger partial charge in [-0.15, -0.1) is 0 Å². The molecule has 0 saturated carbocycles. The van der Waals surface area contributed by atoms with Gasteiger partial charge in [0, 0.05) is 18.3 Å². The fraction of sp³-hybridized carbons (Fsp3) is 0.0769. The standard InChI is InChI=1S/C26H22FN3O/c27-22-14-9-15-23(18-22)29-25(31)30-26(21-12-5-2-6-13-21,24-16-7-8-17-28-24)19-20-10-3-1-4-11-20/h1-18H,19H2,(H2,29,30,31). The summed E-state index contributed by atoms with van der Waals surface area (Å²) in [6, 6.07) is 30.7. The maximum absolute atomic E-state index is 13.6. The number of halogens is 1. The number of nitrogens with zero attached hydrogens (tertiary/aromatic N) is 1. The summed E-state index contributed by atoms with van der Waals surface area (Å²) in [5, 5.41) is 5.89. The molecule has 0 aliphatic carbocycles. The van der Waals surface area contributed by atoms with E-state index in [2.05, 4.69) is 15.6 Å². The van der Waals surface area contributed by atoms with Gasteiger partial charge in [0.15, 0.2) is 0 Å². The van der Waals surface area contributed by atoms with Crippen molar-refractivity contribution in [3.8, 4) is 0 Å². The summed E-state index contributed by atoms with van der Waals surface area (Å²) >= 11 is 0. The van der Waals surface area contributed by atoms with Crippen LogP contribution in [0.5, 0.6) is 0 Å². The van der Waals surface area contributed by atoms with Gasteiger partial charge in [-0.05, 0) is 41.5 Å². The van der Waals surface area contributed by atoms with E-state index in [1.54, 1.807) is 18.3 Å². The van der Waals surface area contributed by atoms with Crippen LogP contribution in [0.2, 0.25) is 0 Å². The van der Waals surface area contributed by atoms with Crippen LogP contribution in [0.1, 0.15) is 16.8 Å². The van der Waals surface area contributed by atoms with E-state index in [4.69, 9.17) is 0 Å². The first-order valence-corrected chi connectivity index (χ1v) is 10.0. The van der Waals surface area contributed by atoms with Gasteiger partial charge in [-0.1, -0.05) is 72.8 Å². The molecule has 0 fully saturated rings. The minimum atomic E-state index is -0.929. The van der Waals surface area contributed by atoms with Crippen molar-refractivity contribution in [2.45, 2.75) is 12.0 Å². The van der Waals surface area contributed by atoms with Crippen molar-refractivity contribution in [1.82, 2.24) is 10.3 Å². The summed E-state index contributed by atoms with van der Waals surface area (Å²) < 4.78 is 13.6. The van der Waals surface area contributed by atoms with Gasteiger partial charge in [0.2, 0.25) is 0 Å². The number of nitrogens with one attached hydrogen (secondary N) is 2. The number of hydrogen-bond acceptors (Lipinski definition) is 2. The van der Waals surface area contributed by atoms with Gasteiger partial charge in [-0.3, -0.25) is 4.98 Å². The Hall–Kier alpha value is -3.99. The molecule has 1 aromatic heterocycles. The summed E-state index contributed by atoms with van der Waals surface area (Å²) in [6.07, 6.45) is 2.20. The van der Waals surface area contributed by atoms with Crippen LogP contribution < -0.4 is 10.6 Å². The van der Waals surface area contributed by atoms with Crippen molar-refractivity contribution in [2.75, 3.05) is 5.32 Å². The summed E-state index contributed by atoms with van der Waals surface area (Å²) in [5.74, 6) is -0.416. The molecule has 0 aliphatic heterocycles. The molecule has 1 atom stereocenters. The van der Waals surface area contributed by atoms with Gasteiger partial charge >= 0.3 is 6.03 Å². The molecule has 4 rings (SSSR count). The molecule has 4 nitrogen and oxygen atoms in total. The Morgan fingerprint density at radius 2 is 1.55 bits per heavy atom. The van der Waals surface area contributed by atoms with Crippen molar-refractivity contribution in [3.63, 3.8) is 0 Å². The first-order chi connectivity index (χ1) is 15.2. The van der Waals surface area contributed by atoms with Gasteiger partial charge < -0.3 is 10.6 Å². The highest BCUT2D eigenvalue weighted by Crippen LogP contribution is 2.32. The Morgan fingerprint density at radius 1 is 0.839 bits per heavy atom. The normalized spacial score (nSPS) is 12.5. The lowest BCUT2D eigenvalue weighted by Crippen LogP contribution is -2.50. The molecule has 31 heavy (non-hydrogen) atoms. The topological polar surface area (TPSA) is 54.0 Å². The molecule has 2 N–H and O–H groups in total. The predicted molar refractivity (Wildman–Crippen MR) is 120 cm³/mol. The predicted octanol–water partition coefficient (Wildman–Crippen LogP) is 5.53. The SMILES string of the molecule is O=C(Nc1cccc(F)c1)NC(Cc1ccccc1)(c1ccccc1)c1ccccn1. The van der Waals surface area contributed by atoms with Crippen molar-refractivity contribution in [1.29, 1.82) is 0 Å². The van der Waals surface area contributed by atoms with Crippen LogP contribution in [0.15, 0.2) is 109 Å². The van der Waals surface area contributed by atoms with E-state index in [0.717, 1.165) is 11.1 Å². The lowest BCUT2D eigenvalue weighted by molar-refractivity contribution is 0.241. The number of amides is 2. The fourth-order valence-electron chi connectivity index (χ4n) is 3.68. The van der Waals surface area contributed by atoms with Gasteiger partial charge in [0.25, 0.3) is 0 Å². The third kappa shape index (κ3) is 4.78. The zero-order valence-electron chi connectivity index (χ0n) is 16.8. The highest BCUT2D eigenvalue weighted by Gasteiger charge is 2.37. The van der Waals surface area contributed by atoms with E-state index < -0.39 is 17.4 Å². The van der Waals surface area contributed by atoms with Crippen molar-refractivity contribution < 1.29 is 9.18 Å². The van der Waals surface area contributed by atoms with Crippen molar-refractivity contribution >= 4 is 11.7 Å². The first-order valence-electron chi connectivity index (χ1n) is 10.0. The molecule has 0 radical (unpaired) electrons. The zero-order chi connectivity index (χ0) is 21.5. The number of benzene rings is 3. The molecule has 4 aromatic rings. The smallest absolute Gasteiger partial charge is 0.320 e. The Kier molecular flexibility index (Phi) is 6.03. The second kappa shape index (κ2) is 9.22. The lowest BCUT2D eigenvalue weighted by Gasteiger charge is -2.35. The van der Waals surface area contributed by atoms with Crippen LogP contribution >= 0.6 is 0 Å². The molecule has 1 heterocycles. The van der Waals surface area contributed by atoms with Crippen LogP contribution in [-0.2, 0) is 12.0 Å². The molecule has 1 unspecified atom stereocenters. The molecule has 154 valence electrons. The molecule has 0 bridgehead atoms. The Balaban J connectivity index is 1.77. The number of rotatable bonds is 6. The number of carbonyl (C=O) groups is 1. The summed E-state index contributed by atoms with van der Waals surface area (Å²) in [5.41, 5.74) is 2.09. The van der Waals surface area contributed by atoms with Crippen LogP contribution in [0.4, 0.5) is 14.9 Å². The number of urea groups is 1. The summed E-state index contributed by atoms with van der Waals surface area (Å²) in [7, 11) is 0. The van der Waals surface area contributed by atoms with E-state index in [1.165, 1.54) is 12.1 Å². The highest BCUT2D eigenvalue weighted by molar-refractivity contribution is 5.90. The molecule has 0 spiro atoms. The van der Waals surface area contributed by atoms with E-state index in [9.17, 15) is 9.18 Å². The third-order valence-electron chi connectivity index (χ3n) is 5.09. The monoisotopic (exact) mass is 411 g/mol. The molecular weight excluding hydrogens is 389 g/mol. The van der Waals surface area contributed by atoms with Crippen LogP contribution in [0.3, 0.4) is 0 Å². The van der Waals surface area contributed by atoms with Crippen LogP contribution in [0.25, 0.3) is 0 Å². The maximum atomic E-state index is 13.6. The quantitative estimate of drug-likeness (QED) is 0.438. The average molecular weight is 411 g/mol. The molecule has 5 heteroatoms. The molecule has 0 saturated heterocycles. The summed E-state index contributed by atoms with van der Waals surface area (Å²) in [6.45, 7) is 0. The Bertz CT molecular complexity index is 1100. The number of pyridine rings is 1. The fourth-order valence-corrected chi connectivity index (χ4v) is 3.68.